The van der Waals surface area contributed by atoms with Crippen LogP contribution in [0, 0.1) is 0 Å². The molecule has 166 valence electrons. The number of hydrogen-bond donors (Lipinski definition) is 1. The number of aromatic nitrogens is 2. The number of aromatic amines is 1. The number of nitrogens with one attached hydrogen (secondary N) is 1. The van der Waals surface area contributed by atoms with Gasteiger partial charge in [0.15, 0.2) is 10.2 Å². The van der Waals surface area contributed by atoms with Crippen LogP contribution in [-0.2, 0) is 11.3 Å². The number of thioether (sulfide) groups is 1. The minimum atomic E-state index is -0.314. The van der Waals surface area contributed by atoms with Gasteiger partial charge in [0.1, 0.15) is 5.76 Å². The van der Waals surface area contributed by atoms with Crippen LogP contribution in [0.5, 0.6) is 0 Å². The highest BCUT2D eigenvalue weighted by Crippen LogP contribution is 2.35. The molecule has 0 unspecified atom stereocenters. The van der Waals surface area contributed by atoms with Crippen LogP contribution < -0.4 is 0 Å². The lowest BCUT2D eigenvalue weighted by atomic mass is 10.0. The molecule has 0 bridgehead atoms. The van der Waals surface area contributed by atoms with Crippen molar-refractivity contribution in [2.24, 2.45) is 0 Å². The fraction of sp³-hybridized carbons (Fsp3) is 0.0385. The quantitative estimate of drug-likeness (QED) is 0.280. The third-order valence-corrected chi connectivity index (χ3v) is 7.24. The first-order chi connectivity index (χ1) is 16.6. The molecule has 1 aliphatic heterocycles. The van der Waals surface area contributed by atoms with E-state index in [1.54, 1.807) is 12.1 Å². The molecular weight excluding hydrogens is 466 g/mol. The lowest BCUT2D eigenvalue weighted by Crippen LogP contribution is -2.27. The van der Waals surface area contributed by atoms with Gasteiger partial charge in [0.2, 0.25) is 0 Å². The third kappa shape index (κ3) is 3.91. The highest BCUT2D eigenvalue weighted by Gasteiger charge is 2.35. The zero-order valence-electron chi connectivity index (χ0n) is 17.7. The Balaban J connectivity index is 1.20. The molecule has 0 radical (unpaired) electrons. The van der Waals surface area contributed by atoms with Crippen molar-refractivity contribution in [2.45, 2.75) is 16.8 Å². The average molecular weight is 484 g/mol. The van der Waals surface area contributed by atoms with Gasteiger partial charge in [-0.25, -0.2) is 4.98 Å². The van der Waals surface area contributed by atoms with Crippen LogP contribution in [0.1, 0.15) is 11.3 Å². The molecule has 2 aromatic heterocycles. The Labute approximate surface area is 203 Å². The summed E-state index contributed by atoms with van der Waals surface area (Å²) in [6, 6.07) is 25.3. The van der Waals surface area contributed by atoms with E-state index in [2.05, 4.69) is 9.97 Å². The van der Waals surface area contributed by atoms with Gasteiger partial charge in [0.05, 0.1) is 22.5 Å². The topological polar surface area (TPSA) is 79.2 Å². The van der Waals surface area contributed by atoms with Crippen molar-refractivity contribution in [1.82, 2.24) is 14.9 Å². The molecule has 1 saturated heterocycles. The van der Waals surface area contributed by atoms with E-state index < -0.39 is 0 Å². The Morgan fingerprint density at radius 1 is 0.971 bits per heavy atom. The number of H-pyrrole nitrogens is 1. The number of para-hydroxylation sites is 2. The summed E-state index contributed by atoms with van der Waals surface area (Å²) in [6.45, 7) is 0.231. The summed E-state index contributed by atoms with van der Waals surface area (Å²) >= 11 is 2.30. The Hall–Kier alpha value is -3.75. The van der Waals surface area contributed by atoms with E-state index in [9.17, 15) is 9.59 Å². The molecule has 2 amide bonds. The van der Waals surface area contributed by atoms with Crippen LogP contribution in [0.25, 0.3) is 27.9 Å². The van der Waals surface area contributed by atoms with Crippen LogP contribution in [0.15, 0.2) is 98.4 Å². The zero-order chi connectivity index (χ0) is 23.1. The number of hydrogen-bond acceptors (Lipinski definition) is 6. The fourth-order valence-electron chi connectivity index (χ4n) is 3.91. The summed E-state index contributed by atoms with van der Waals surface area (Å²) in [7, 11) is 0. The molecular formula is C26H17N3O3S2. The van der Waals surface area contributed by atoms with E-state index in [0.717, 1.165) is 44.3 Å². The van der Waals surface area contributed by atoms with Gasteiger partial charge in [-0.1, -0.05) is 54.6 Å². The fourth-order valence-corrected chi connectivity index (χ4v) is 5.49. The molecule has 3 aromatic carbocycles. The van der Waals surface area contributed by atoms with Crippen molar-refractivity contribution in [1.29, 1.82) is 0 Å². The summed E-state index contributed by atoms with van der Waals surface area (Å²) < 4.78 is 5.87. The molecule has 0 spiro atoms. The number of furan rings is 1. The van der Waals surface area contributed by atoms with Crippen LogP contribution >= 0.6 is 23.5 Å². The average Bonchev–Trinajstić information content (AvgIpc) is 3.53. The van der Waals surface area contributed by atoms with E-state index in [-0.39, 0.29) is 17.7 Å². The van der Waals surface area contributed by atoms with Crippen LogP contribution in [0.4, 0.5) is 4.79 Å². The Bertz CT molecular complexity index is 1560. The van der Waals surface area contributed by atoms with E-state index in [4.69, 9.17) is 4.42 Å². The van der Waals surface area contributed by atoms with E-state index in [1.165, 1.54) is 16.7 Å². The maximum Gasteiger partial charge on any atom is 0.293 e. The van der Waals surface area contributed by atoms with Crippen molar-refractivity contribution in [2.75, 3.05) is 0 Å². The highest BCUT2D eigenvalue weighted by molar-refractivity contribution is 8.18. The molecule has 6 rings (SSSR count). The molecule has 5 aromatic rings. The number of carbonyl (C=O) groups excluding carboxylic acids is 2. The summed E-state index contributed by atoms with van der Waals surface area (Å²) in [5.41, 5.74) is 2.78. The lowest BCUT2D eigenvalue weighted by Gasteiger charge is -2.14. The first-order valence-corrected chi connectivity index (χ1v) is 12.2. The van der Waals surface area contributed by atoms with Gasteiger partial charge in [-0.2, -0.15) is 0 Å². The van der Waals surface area contributed by atoms with Gasteiger partial charge >= 0.3 is 0 Å². The lowest BCUT2D eigenvalue weighted by molar-refractivity contribution is -0.123. The molecule has 3 heterocycles. The highest BCUT2D eigenvalue weighted by atomic mass is 32.2. The number of benzene rings is 3. The first-order valence-electron chi connectivity index (χ1n) is 10.6. The van der Waals surface area contributed by atoms with Gasteiger partial charge in [-0.3, -0.25) is 14.5 Å². The molecule has 34 heavy (non-hydrogen) atoms. The summed E-state index contributed by atoms with van der Waals surface area (Å²) in [5.74, 6) is 0.195. The van der Waals surface area contributed by atoms with E-state index >= 15 is 0 Å². The maximum absolute atomic E-state index is 13.0. The second kappa shape index (κ2) is 8.55. The predicted molar refractivity (Wildman–Crippen MR) is 134 cm³/mol. The first kappa shape index (κ1) is 20.8. The molecule has 1 aliphatic rings. The number of imidazole rings is 1. The van der Waals surface area contributed by atoms with E-state index in [0.29, 0.717) is 15.8 Å². The van der Waals surface area contributed by atoms with Gasteiger partial charge in [-0.05, 0) is 64.1 Å². The van der Waals surface area contributed by atoms with Crippen LogP contribution in [-0.4, -0.2) is 26.0 Å². The largest absolute Gasteiger partial charge is 0.450 e. The Kier molecular flexibility index (Phi) is 5.24. The SMILES string of the molecule is O=C1S/C(=C\c2ccc(Sc3nc4ccccc4[nH]3)o2)C(=O)N1Cc1cccc2ccccc12. The second-order valence-corrected chi connectivity index (χ2v) is 9.71. The normalized spacial score (nSPS) is 15.3. The van der Waals surface area contributed by atoms with Crippen molar-refractivity contribution in [3.05, 3.63) is 95.1 Å². The van der Waals surface area contributed by atoms with E-state index in [1.807, 2.05) is 72.8 Å². The molecule has 8 heteroatoms. The molecule has 6 nitrogen and oxygen atoms in total. The number of rotatable bonds is 5. The number of nitrogens with zero attached hydrogens (tertiary/aromatic N) is 2. The molecule has 0 aliphatic carbocycles. The molecule has 0 atom stereocenters. The van der Waals surface area contributed by atoms with Gasteiger partial charge < -0.3 is 9.40 Å². The van der Waals surface area contributed by atoms with Gasteiger partial charge in [0, 0.05) is 6.08 Å². The second-order valence-electron chi connectivity index (χ2n) is 7.72. The summed E-state index contributed by atoms with van der Waals surface area (Å²) in [6.07, 6.45) is 1.62. The predicted octanol–water partition coefficient (Wildman–Crippen LogP) is 6.70. The number of amides is 2. The van der Waals surface area contributed by atoms with Crippen LogP contribution in [0.2, 0.25) is 0 Å². The number of fused-ring (bicyclic) bond motifs is 2. The third-order valence-electron chi connectivity index (χ3n) is 5.52. The number of imide groups is 1. The Morgan fingerprint density at radius 2 is 1.79 bits per heavy atom. The van der Waals surface area contributed by atoms with Crippen molar-refractivity contribution >= 4 is 62.6 Å². The van der Waals surface area contributed by atoms with Crippen molar-refractivity contribution < 1.29 is 14.0 Å². The summed E-state index contributed by atoms with van der Waals surface area (Å²) in [4.78, 5) is 35.1. The van der Waals surface area contributed by atoms with Crippen LogP contribution in [0.3, 0.4) is 0 Å². The smallest absolute Gasteiger partial charge is 0.293 e. The number of carbonyl (C=O) groups is 2. The van der Waals surface area contributed by atoms with Crippen molar-refractivity contribution in [3.8, 4) is 0 Å². The van der Waals surface area contributed by atoms with Gasteiger partial charge in [-0.15, -0.1) is 0 Å². The molecule has 1 fully saturated rings. The maximum atomic E-state index is 13.0. The molecule has 1 N–H and O–H groups in total. The van der Waals surface area contributed by atoms with Crippen molar-refractivity contribution in [3.63, 3.8) is 0 Å². The minimum Gasteiger partial charge on any atom is -0.450 e. The summed E-state index contributed by atoms with van der Waals surface area (Å²) in [5, 5.41) is 3.18. The minimum absolute atomic E-state index is 0.231. The Morgan fingerprint density at radius 3 is 2.71 bits per heavy atom. The monoisotopic (exact) mass is 483 g/mol. The van der Waals surface area contributed by atoms with Gasteiger partial charge in [0.25, 0.3) is 11.1 Å². The zero-order valence-corrected chi connectivity index (χ0v) is 19.4. The standard InChI is InChI=1S/C26H17N3O3S2/c30-24-22(33-26(31)29(24)15-17-8-5-7-16-6-1-2-9-19(16)17)14-18-12-13-23(32-18)34-25-27-20-10-3-4-11-21(20)28-25/h1-14H,15H2,(H,27,28)/b22-14-. The molecule has 0 saturated carbocycles.